The van der Waals surface area contributed by atoms with Gasteiger partial charge in [-0.3, -0.25) is 14.2 Å². The Kier molecular flexibility index (Phi) is 9.72. The lowest BCUT2D eigenvalue weighted by atomic mass is 10.1. The van der Waals surface area contributed by atoms with Crippen LogP contribution in [0.5, 0.6) is 5.75 Å². The summed E-state index contributed by atoms with van der Waals surface area (Å²) >= 11 is 0. The molecule has 1 N–H and O–H groups in total. The van der Waals surface area contributed by atoms with Gasteiger partial charge in [0, 0.05) is 32.0 Å². The van der Waals surface area contributed by atoms with E-state index in [0.717, 1.165) is 37.2 Å². The number of nitrogens with one attached hydrogen (secondary N) is 1. The first-order valence-corrected chi connectivity index (χ1v) is 10.1. The molecule has 1 aromatic heterocycles. The molecule has 0 bridgehead atoms. The van der Waals surface area contributed by atoms with E-state index in [0.29, 0.717) is 19.8 Å². The van der Waals surface area contributed by atoms with Crippen LogP contribution in [0.3, 0.4) is 0 Å². The van der Waals surface area contributed by atoms with Gasteiger partial charge in [0.1, 0.15) is 11.4 Å². The third kappa shape index (κ3) is 7.58. The monoisotopic (exact) mass is 398 g/mol. The maximum Gasteiger partial charge on any atom is 0.268 e. The Balaban J connectivity index is 2.10. The first kappa shape index (κ1) is 22.4. The number of hydrogen-bond acceptors (Lipinski definition) is 4. The molecular weight excluding hydrogens is 368 g/mol. The third-order valence-electron chi connectivity index (χ3n) is 4.20. The van der Waals surface area contributed by atoms with E-state index in [4.69, 9.17) is 9.47 Å². The molecule has 1 amide bonds. The van der Waals surface area contributed by atoms with Crippen molar-refractivity contribution in [2.75, 3.05) is 26.4 Å². The molecule has 2 aromatic rings. The number of pyridine rings is 1. The van der Waals surface area contributed by atoms with Crippen molar-refractivity contribution in [3.05, 3.63) is 64.6 Å². The summed E-state index contributed by atoms with van der Waals surface area (Å²) in [5.74, 6) is 0.455. The SMILES string of the molecule is CCCCOCCCNC(=O)/C(=C\c1ccc(OCC)cc1)n1ccccc1=O. The second-order valence-electron chi connectivity index (χ2n) is 6.52. The molecule has 1 heterocycles. The summed E-state index contributed by atoms with van der Waals surface area (Å²) in [6, 6.07) is 12.2. The number of ether oxygens (including phenoxy) is 2. The molecule has 29 heavy (non-hydrogen) atoms. The van der Waals surface area contributed by atoms with E-state index in [1.54, 1.807) is 24.4 Å². The second kappa shape index (κ2) is 12.6. The van der Waals surface area contributed by atoms with Crippen molar-refractivity contribution in [3.63, 3.8) is 0 Å². The molecule has 0 fully saturated rings. The van der Waals surface area contributed by atoms with Crippen LogP contribution in [0.1, 0.15) is 38.7 Å². The molecule has 2 rings (SSSR count). The zero-order chi connectivity index (χ0) is 20.9. The highest BCUT2D eigenvalue weighted by atomic mass is 16.5. The summed E-state index contributed by atoms with van der Waals surface area (Å²) in [6.45, 7) is 6.45. The first-order chi connectivity index (χ1) is 14.2. The first-order valence-electron chi connectivity index (χ1n) is 10.1. The number of hydrogen-bond donors (Lipinski definition) is 1. The van der Waals surface area contributed by atoms with Gasteiger partial charge in [0.05, 0.1) is 6.61 Å². The Morgan fingerprint density at radius 3 is 2.52 bits per heavy atom. The van der Waals surface area contributed by atoms with Crippen LogP contribution >= 0.6 is 0 Å². The average Bonchev–Trinajstić information content (AvgIpc) is 2.73. The van der Waals surface area contributed by atoms with Crippen molar-refractivity contribution < 1.29 is 14.3 Å². The number of carbonyl (C=O) groups is 1. The minimum absolute atomic E-state index is 0.261. The van der Waals surface area contributed by atoms with Crippen molar-refractivity contribution in [3.8, 4) is 5.75 Å². The van der Waals surface area contributed by atoms with Gasteiger partial charge in [-0.2, -0.15) is 0 Å². The maximum absolute atomic E-state index is 12.8. The van der Waals surface area contributed by atoms with Gasteiger partial charge >= 0.3 is 0 Å². The highest BCUT2D eigenvalue weighted by Crippen LogP contribution is 2.16. The minimum Gasteiger partial charge on any atom is -0.494 e. The largest absolute Gasteiger partial charge is 0.494 e. The molecule has 1 aromatic carbocycles. The van der Waals surface area contributed by atoms with E-state index < -0.39 is 0 Å². The molecule has 0 aliphatic carbocycles. The molecule has 6 nitrogen and oxygen atoms in total. The zero-order valence-corrected chi connectivity index (χ0v) is 17.2. The van der Waals surface area contributed by atoms with Gasteiger partial charge in [-0.05, 0) is 49.6 Å². The van der Waals surface area contributed by atoms with Crippen LogP contribution in [0.2, 0.25) is 0 Å². The molecule has 0 saturated heterocycles. The maximum atomic E-state index is 12.8. The lowest BCUT2D eigenvalue weighted by Gasteiger charge is -2.12. The number of amides is 1. The lowest BCUT2D eigenvalue weighted by molar-refractivity contribution is -0.116. The van der Waals surface area contributed by atoms with Crippen LogP contribution in [-0.4, -0.2) is 36.8 Å². The van der Waals surface area contributed by atoms with E-state index in [1.165, 1.54) is 10.6 Å². The van der Waals surface area contributed by atoms with Crippen molar-refractivity contribution in [2.45, 2.75) is 33.1 Å². The standard InChI is InChI=1S/C23H30N2O4/c1-3-5-16-28-17-8-14-24-23(27)21(25-15-7-6-9-22(25)26)18-19-10-12-20(13-11-19)29-4-2/h6-7,9-13,15,18H,3-5,8,14,16-17H2,1-2H3,(H,24,27)/b21-18+. The van der Waals surface area contributed by atoms with E-state index in [1.807, 2.05) is 31.2 Å². The van der Waals surface area contributed by atoms with Gasteiger partial charge < -0.3 is 14.8 Å². The van der Waals surface area contributed by atoms with E-state index in [-0.39, 0.29) is 17.2 Å². The van der Waals surface area contributed by atoms with E-state index in [2.05, 4.69) is 12.2 Å². The topological polar surface area (TPSA) is 69.6 Å². The van der Waals surface area contributed by atoms with Gasteiger partial charge in [0.25, 0.3) is 11.5 Å². The quantitative estimate of drug-likeness (QED) is 0.438. The van der Waals surface area contributed by atoms with Crippen LogP contribution in [0, 0.1) is 0 Å². The summed E-state index contributed by atoms with van der Waals surface area (Å²) in [6.07, 6.45) is 6.15. The van der Waals surface area contributed by atoms with Crippen LogP contribution in [0.4, 0.5) is 0 Å². The fraction of sp³-hybridized carbons (Fsp3) is 0.391. The van der Waals surface area contributed by atoms with Crippen molar-refractivity contribution >= 4 is 17.7 Å². The average molecular weight is 399 g/mol. The number of aromatic nitrogens is 1. The zero-order valence-electron chi connectivity index (χ0n) is 17.2. The lowest BCUT2D eigenvalue weighted by Crippen LogP contribution is -2.31. The number of nitrogens with zero attached hydrogens (tertiary/aromatic N) is 1. The van der Waals surface area contributed by atoms with Gasteiger partial charge in [0.2, 0.25) is 0 Å². The third-order valence-corrected chi connectivity index (χ3v) is 4.20. The molecule has 0 unspecified atom stereocenters. The fourth-order valence-corrected chi connectivity index (χ4v) is 2.67. The number of benzene rings is 1. The number of rotatable bonds is 12. The predicted molar refractivity (Wildman–Crippen MR) is 116 cm³/mol. The predicted octanol–water partition coefficient (Wildman–Crippen LogP) is 3.57. The summed E-state index contributed by atoms with van der Waals surface area (Å²) < 4.78 is 12.3. The molecule has 156 valence electrons. The number of carbonyl (C=O) groups excluding carboxylic acids is 1. The molecular formula is C23H30N2O4. The Morgan fingerprint density at radius 2 is 1.83 bits per heavy atom. The van der Waals surface area contributed by atoms with Crippen LogP contribution in [0.25, 0.3) is 11.8 Å². The van der Waals surface area contributed by atoms with Gasteiger partial charge in [-0.25, -0.2) is 0 Å². The Labute approximate surface area is 172 Å². The molecule has 0 radical (unpaired) electrons. The number of unbranched alkanes of at least 4 members (excludes halogenated alkanes) is 1. The van der Waals surface area contributed by atoms with Crippen molar-refractivity contribution in [2.24, 2.45) is 0 Å². The Hall–Kier alpha value is -2.86. The van der Waals surface area contributed by atoms with Crippen molar-refractivity contribution in [1.29, 1.82) is 0 Å². The second-order valence-corrected chi connectivity index (χ2v) is 6.52. The van der Waals surface area contributed by atoms with Crippen LogP contribution in [-0.2, 0) is 9.53 Å². The smallest absolute Gasteiger partial charge is 0.268 e. The van der Waals surface area contributed by atoms with E-state index in [9.17, 15) is 9.59 Å². The Morgan fingerprint density at radius 1 is 1.07 bits per heavy atom. The highest BCUT2D eigenvalue weighted by molar-refractivity contribution is 6.18. The highest BCUT2D eigenvalue weighted by Gasteiger charge is 2.13. The molecule has 0 saturated carbocycles. The van der Waals surface area contributed by atoms with Crippen molar-refractivity contribution in [1.82, 2.24) is 9.88 Å². The molecule has 0 atom stereocenters. The van der Waals surface area contributed by atoms with Gasteiger partial charge in [0.15, 0.2) is 0 Å². The van der Waals surface area contributed by atoms with Gasteiger partial charge in [-0.1, -0.05) is 31.5 Å². The molecule has 0 aliphatic heterocycles. The summed E-state index contributed by atoms with van der Waals surface area (Å²) in [5.41, 5.74) is 0.812. The van der Waals surface area contributed by atoms with Gasteiger partial charge in [-0.15, -0.1) is 0 Å². The normalized spacial score (nSPS) is 11.3. The van der Waals surface area contributed by atoms with E-state index >= 15 is 0 Å². The molecule has 0 aliphatic rings. The molecule has 6 heteroatoms. The minimum atomic E-state index is -0.305. The summed E-state index contributed by atoms with van der Waals surface area (Å²) in [7, 11) is 0. The van der Waals surface area contributed by atoms with Crippen LogP contribution < -0.4 is 15.6 Å². The molecule has 0 spiro atoms. The fourth-order valence-electron chi connectivity index (χ4n) is 2.67. The van der Waals surface area contributed by atoms with Crippen LogP contribution in [0.15, 0.2) is 53.5 Å². The Bertz CT molecular complexity index is 840. The summed E-state index contributed by atoms with van der Waals surface area (Å²) in [5, 5.41) is 2.88. The summed E-state index contributed by atoms with van der Waals surface area (Å²) in [4.78, 5) is 25.1.